The zero-order chi connectivity index (χ0) is 17.7. The van der Waals surface area contributed by atoms with Gasteiger partial charge >= 0.3 is 12.1 Å². The van der Waals surface area contributed by atoms with Crippen LogP contribution in [0.4, 0.5) is 10.5 Å². The number of nitrogens with zero attached hydrogens (tertiary/aromatic N) is 1. The van der Waals surface area contributed by atoms with E-state index >= 15 is 0 Å². The molecule has 0 aliphatic carbocycles. The predicted molar refractivity (Wildman–Crippen MR) is 94.3 cm³/mol. The van der Waals surface area contributed by atoms with E-state index in [0.717, 1.165) is 16.3 Å². The summed E-state index contributed by atoms with van der Waals surface area (Å²) < 4.78 is 10.3. The first-order valence-corrected chi connectivity index (χ1v) is 8.12. The molecular formula is C19H23NO4. The molecule has 0 spiro atoms. The number of carbonyl (C=O) groups excluding carboxylic acids is 2. The maximum atomic E-state index is 12.6. The fraction of sp³-hybridized carbons (Fsp3) is 0.368. The molecule has 5 nitrogen and oxygen atoms in total. The van der Waals surface area contributed by atoms with Crippen LogP contribution in [0.25, 0.3) is 10.8 Å². The largest absolute Gasteiger partial charge is 0.464 e. The summed E-state index contributed by atoms with van der Waals surface area (Å²) in [6, 6.07) is 10.9. The molecule has 0 aliphatic rings. The second-order valence-corrected chi connectivity index (χ2v) is 5.45. The molecule has 0 radical (unpaired) electrons. The number of carbonyl (C=O) groups is 2. The SMILES string of the molecule is CCOC(=O)[C@H](C)N(C(=O)OCC)c1c(C)ccc2ccccc12. The Labute approximate surface area is 142 Å². The van der Waals surface area contributed by atoms with Crippen LogP contribution in [0.2, 0.25) is 0 Å². The zero-order valence-electron chi connectivity index (χ0n) is 14.5. The number of anilines is 1. The van der Waals surface area contributed by atoms with Crippen LogP contribution in [0.3, 0.4) is 0 Å². The highest BCUT2D eigenvalue weighted by molar-refractivity contribution is 6.05. The third-order valence-corrected chi connectivity index (χ3v) is 3.82. The smallest absolute Gasteiger partial charge is 0.415 e. The Bertz CT molecular complexity index is 741. The van der Waals surface area contributed by atoms with Gasteiger partial charge in [0.25, 0.3) is 0 Å². The first-order chi connectivity index (χ1) is 11.5. The number of hydrogen-bond donors (Lipinski definition) is 0. The lowest BCUT2D eigenvalue weighted by Crippen LogP contribution is -2.45. The molecule has 0 saturated heterocycles. The van der Waals surface area contributed by atoms with Crippen molar-refractivity contribution >= 4 is 28.5 Å². The van der Waals surface area contributed by atoms with Gasteiger partial charge in [-0.25, -0.2) is 9.59 Å². The van der Waals surface area contributed by atoms with Gasteiger partial charge in [-0.05, 0) is 38.6 Å². The molecule has 0 saturated carbocycles. The Hall–Kier alpha value is -2.56. The van der Waals surface area contributed by atoms with Gasteiger partial charge in [-0.1, -0.05) is 36.4 Å². The highest BCUT2D eigenvalue weighted by atomic mass is 16.6. The maximum Gasteiger partial charge on any atom is 0.415 e. The molecule has 1 atom stereocenters. The van der Waals surface area contributed by atoms with E-state index in [0.29, 0.717) is 5.69 Å². The number of amides is 1. The third-order valence-electron chi connectivity index (χ3n) is 3.82. The molecule has 5 heteroatoms. The van der Waals surface area contributed by atoms with Crippen molar-refractivity contribution < 1.29 is 19.1 Å². The molecular weight excluding hydrogens is 306 g/mol. The van der Waals surface area contributed by atoms with Crippen LogP contribution in [0.1, 0.15) is 26.3 Å². The van der Waals surface area contributed by atoms with Crippen molar-refractivity contribution in [1.29, 1.82) is 0 Å². The summed E-state index contributed by atoms with van der Waals surface area (Å²) in [6.45, 7) is 7.52. The van der Waals surface area contributed by atoms with Gasteiger partial charge in [-0.2, -0.15) is 0 Å². The summed E-state index contributed by atoms with van der Waals surface area (Å²) in [5, 5.41) is 1.88. The quantitative estimate of drug-likeness (QED) is 0.776. The van der Waals surface area contributed by atoms with Crippen molar-refractivity contribution in [3.05, 3.63) is 42.0 Å². The van der Waals surface area contributed by atoms with Crippen LogP contribution in [0, 0.1) is 6.92 Å². The van der Waals surface area contributed by atoms with Crippen LogP contribution in [-0.4, -0.2) is 31.3 Å². The van der Waals surface area contributed by atoms with Gasteiger partial charge in [-0.15, -0.1) is 0 Å². The highest BCUT2D eigenvalue weighted by Gasteiger charge is 2.31. The molecule has 1 amide bonds. The summed E-state index contributed by atoms with van der Waals surface area (Å²) in [4.78, 5) is 26.2. The average Bonchev–Trinajstić information content (AvgIpc) is 2.57. The Morgan fingerprint density at radius 1 is 1.04 bits per heavy atom. The predicted octanol–water partition coefficient (Wildman–Crippen LogP) is 4.06. The molecule has 0 fully saturated rings. The Morgan fingerprint density at radius 3 is 2.38 bits per heavy atom. The summed E-state index contributed by atoms with van der Waals surface area (Å²) in [5.74, 6) is -0.460. The van der Waals surface area contributed by atoms with Crippen molar-refractivity contribution in [1.82, 2.24) is 0 Å². The summed E-state index contributed by atoms with van der Waals surface area (Å²) >= 11 is 0. The van der Waals surface area contributed by atoms with Gasteiger partial charge in [0.15, 0.2) is 0 Å². The Kier molecular flexibility index (Phi) is 5.79. The second-order valence-electron chi connectivity index (χ2n) is 5.45. The molecule has 0 aromatic heterocycles. The van der Waals surface area contributed by atoms with E-state index < -0.39 is 18.1 Å². The molecule has 2 rings (SSSR count). The molecule has 2 aromatic carbocycles. The van der Waals surface area contributed by atoms with Gasteiger partial charge in [0.05, 0.1) is 18.9 Å². The molecule has 0 bridgehead atoms. The molecule has 128 valence electrons. The number of aryl methyl sites for hydroxylation is 1. The van der Waals surface area contributed by atoms with Gasteiger partial charge in [0, 0.05) is 5.39 Å². The summed E-state index contributed by atoms with van der Waals surface area (Å²) in [6.07, 6.45) is -0.558. The van der Waals surface area contributed by atoms with Crippen LogP contribution in [0.5, 0.6) is 0 Å². The number of ether oxygens (including phenoxy) is 2. The van der Waals surface area contributed by atoms with Crippen LogP contribution < -0.4 is 4.90 Å². The number of benzene rings is 2. The first-order valence-electron chi connectivity index (χ1n) is 8.12. The molecule has 0 N–H and O–H groups in total. The normalized spacial score (nSPS) is 11.8. The lowest BCUT2D eigenvalue weighted by atomic mass is 10.0. The van der Waals surface area contributed by atoms with Crippen molar-refractivity contribution in [2.24, 2.45) is 0 Å². The van der Waals surface area contributed by atoms with E-state index in [1.807, 2.05) is 43.3 Å². The minimum absolute atomic E-state index is 0.231. The topological polar surface area (TPSA) is 55.8 Å². The standard InChI is InChI=1S/C19H23NO4/c1-5-23-18(21)14(4)20(19(22)24-6-2)17-13(3)11-12-15-9-7-8-10-16(15)17/h7-12,14H,5-6H2,1-4H3/t14-/m0/s1. The minimum Gasteiger partial charge on any atom is -0.464 e. The van der Waals surface area contributed by atoms with E-state index in [1.54, 1.807) is 20.8 Å². The van der Waals surface area contributed by atoms with Gasteiger partial charge in [0.2, 0.25) is 0 Å². The lowest BCUT2D eigenvalue weighted by molar-refractivity contribution is -0.144. The van der Waals surface area contributed by atoms with E-state index in [4.69, 9.17) is 9.47 Å². The summed E-state index contributed by atoms with van der Waals surface area (Å²) in [7, 11) is 0. The highest BCUT2D eigenvalue weighted by Crippen LogP contribution is 2.32. The monoisotopic (exact) mass is 329 g/mol. The third kappa shape index (κ3) is 3.50. The molecule has 0 unspecified atom stereocenters. The van der Waals surface area contributed by atoms with Crippen LogP contribution in [0.15, 0.2) is 36.4 Å². The van der Waals surface area contributed by atoms with Crippen molar-refractivity contribution in [2.45, 2.75) is 33.7 Å². The van der Waals surface area contributed by atoms with Crippen LogP contribution in [-0.2, 0) is 14.3 Å². The first kappa shape index (κ1) is 17.8. The average molecular weight is 329 g/mol. The van der Waals surface area contributed by atoms with Gasteiger partial charge < -0.3 is 9.47 Å². The van der Waals surface area contributed by atoms with E-state index in [1.165, 1.54) is 4.90 Å². The van der Waals surface area contributed by atoms with Crippen molar-refractivity contribution in [3.63, 3.8) is 0 Å². The fourth-order valence-corrected chi connectivity index (χ4v) is 2.69. The Morgan fingerprint density at radius 2 is 1.71 bits per heavy atom. The second kappa shape index (κ2) is 7.81. The lowest BCUT2D eigenvalue weighted by Gasteiger charge is -2.29. The van der Waals surface area contributed by atoms with Gasteiger partial charge in [0.1, 0.15) is 6.04 Å². The number of esters is 1. The fourth-order valence-electron chi connectivity index (χ4n) is 2.69. The van der Waals surface area contributed by atoms with E-state index in [9.17, 15) is 9.59 Å². The summed E-state index contributed by atoms with van der Waals surface area (Å²) in [5.41, 5.74) is 1.56. The van der Waals surface area contributed by atoms with Crippen LogP contribution >= 0.6 is 0 Å². The van der Waals surface area contributed by atoms with Crippen molar-refractivity contribution in [3.8, 4) is 0 Å². The molecule has 2 aromatic rings. The maximum absolute atomic E-state index is 12.6. The Balaban J connectivity index is 2.61. The molecule has 0 heterocycles. The van der Waals surface area contributed by atoms with E-state index in [2.05, 4.69) is 0 Å². The number of hydrogen-bond acceptors (Lipinski definition) is 4. The van der Waals surface area contributed by atoms with Gasteiger partial charge in [-0.3, -0.25) is 4.90 Å². The van der Waals surface area contributed by atoms with Crippen molar-refractivity contribution in [2.75, 3.05) is 18.1 Å². The minimum atomic E-state index is -0.784. The van der Waals surface area contributed by atoms with E-state index in [-0.39, 0.29) is 13.2 Å². The number of rotatable bonds is 5. The number of fused-ring (bicyclic) bond motifs is 1. The zero-order valence-corrected chi connectivity index (χ0v) is 14.5. The molecule has 0 aliphatic heterocycles. The molecule has 24 heavy (non-hydrogen) atoms.